The lowest BCUT2D eigenvalue weighted by Gasteiger charge is -2.37. The van der Waals surface area contributed by atoms with E-state index in [-0.39, 0.29) is 0 Å². The van der Waals surface area contributed by atoms with Crippen molar-refractivity contribution >= 4 is 60.2 Å². The zero-order chi connectivity index (χ0) is 27.9. The van der Waals surface area contributed by atoms with Crippen LogP contribution >= 0.6 is 0 Å². The zero-order valence-corrected chi connectivity index (χ0v) is 33.1. The fraction of sp³-hybridized carbons (Fsp3) is 1.00. The van der Waals surface area contributed by atoms with Gasteiger partial charge in [0.15, 0.2) is 48.9 Å². The summed E-state index contributed by atoms with van der Waals surface area (Å²) in [7, 11) is -12.4. The Bertz CT molecular complexity index is 584. The van der Waals surface area contributed by atoms with Crippen molar-refractivity contribution < 1.29 is 25.3 Å². The van der Waals surface area contributed by atoms with Crippen LogP contribution in [0.4, 0.5) is 4.39 Å². The van der Waals surface area contributed by atoms with Crippen molar-refractivity contribution in [3.63, 3.8) is 0 Å². The van der Waals surface area contributed by atoms with Gasteiger partial charge in [0.2, 0.25) is 0 Å². The molecular formula is C22H59FO5Si7. The average Bonchev–Trinajstić information content (AvgIpc) is 2.46. The minimum atomic E-state index is -2.12. The summed E-state index contributed by atoms with van der Waals surface area (Å²) in [5.74, 6) is -1.57. The number of alkyl halides is 1. The van der Waals surface area contributed by atoms with Crippen molar-refractivity contribution in [1.29, 1.82) is 0 Å². The molecule has 0 aliphatic heterocycles. The highest BCUT2D eigenvalue weighted by molar-refractivity contribution is 6.85. The first-order valence-electron chi connectivity index (χ1n) is 13.5. The van der Waals surface area contributed by atoms with Crippen LogP contribution in [0, 0.1) is 0 Å². The van der Waals surface area contributed by atoms with Crippen LogP contribution in [0.15, 0.2) is 0 Å². The van der Waals surface area contributed by atoms with Gasteiger partial charge in [-0.3, -0.25) is 0 Å². The molecule has 0 saturated carbocycles. The Kier molecular flexibility index (Phi) is 14.5. The molecule has 0 spiro atoms. The molecule has 0 aromatic heterocycles. The third kappa shape index (κ3) is 19.0. The lowest BCUT2D eigenvalue weighted by molar-refractivity contribution is -0.0839. The molecule has 0 saturated heterocycles. The SMILES string of the molecule is C[SiH](C)O[Si](C)(C)O[Si](C)(C)CCCC(F)(CCC[Si](C)(C)O[Si](C)(C)O[SiH](C)C)O[Si](C)(C)C. The van der Waals surface area contributed by atoms with Crippen LogP contribution in [0.3, 0.4) is 0 Å². The fourth-order valence-corrected chi connectivity index (χ4v) is 30.1. The van der Waals surface area contributed by atoms with Gasteiger partial charge < -0.3 is 20.9 Å². The maximum absolute atomic E-state index is 16.2. The van der Waals surface area contributed by atoms with E-state index in [1.54, 1.807) is 0 Å². The van der Waals surface area contributed by atoms with Crippen LogP contribution in [0.25, 0.3) is 0 Å². The lowest BCUT2D eigenvalue weighted by atomic mass is 10.1. The molecule has 0 fully saturated rings. The van der Waals surface area contributed by atoms with Crippen molar-refractivity contribution in [2.45, 2.75) is 142 Å². The summed E-state index contributed by atoms with van der Waals surface area (Å²) in [6.45, 7) is 32.5. The number of hydrogen-bond acceptors (Lipinski definition) is 5. The zero-order valence-electron chi connectivity index (χ0n) is 25.8. The minimum Gasteiger partial charge on any atom is -0.440 e. The van der Waals surface area contributed by atoms with Crippen LogP contribution < -0.4 is 0 Å². The summed E-state index contributed by atoms with van der Waals surface area (Å²) in [5, 5.41) is 0. The second-order valence-corrected chi connectivity index (χ2v) is 39.4. The Morgan fingerprint density at radius 1 is 0.600 bits per heavy atom. The van der Waals surface area contributed by atoms with Gasteiger partial charge in [-0.25, -0.2) is 4.39 Å². The molecule has 0 rings (SSSR count). The fourth-order valence-electron chi connectivity index (χ4n) is 4.95. The standard InChI is InChI=1S/C22H59FO5Si7/c1-29(2)25-34(12,13)27-32(8,9)20-16-18-22(23,24-31(5,6)7)19-17-21-33(10,11)28-35(14,15)26-30(3)4/h29-30H,16-21H2,1-15H3. The molecule has 0 aliphatic rings. The molecule has 212 valence electrons. The Balaban J connectivity index is 5.06. The summed E-state index contributed by atoms with van der Waals surface area (Å²) in [6.07, 6.45) is 2.44. The van der Waals surface area contributed by atoms with E-state index < -0.39 is 66.0 Å². The third-order valence-corrected chi connectivity index (χ3v) is 26.0. The van der Waals surface area contributed by atoms with Gasteiger partial charge >= 0.3 is 17.1 Å². The number of halogens is 1. The molecule has 0 bridgehead atoms. The predicted molar refractivity (Wildman–Crippen MR) is 168 cm³/mol. The maximum Gasteiger partial charge on any atom is 0.310 e. The molecule has 0 amide bonds. The van der Waals surface area contributed by atoms with Gasteiger partial charge in [0.25, 0.3) is 0 Å². The highest BCUT2D eigenvalue weighted by Crippen LogP contribution is 2.34. The van der Waals surface area contributed by atoms with Crippen molar-refractivity contribution in [1.82, 2.24) is 0 Å². The first kappa shape index (κ1) is 36.2. The van der Waals surface area contributed by atoms with Crippen molar-refractivity contribution in [3.8, 4) is 0 Å². The Morgan fingerprint density at radius 2 is 0.914 bits per heavy atom. The third-order valence-electron chi connectivity index (χ3n) is 5.23. The van der Waals surface area contributed by atoms with E-state index in [1.807, 2.05) is 0 Å². The summed E-state index contributed by atoms with van der Waals surface area (Å²) in [4.78, 5) is 0. The molecule has 0 unspecified atom stereocenters. The van der Waals surface area contributed by atoms with Gasteiger partial charge in [0.05, 0.1) is 0 Å². The Labute approximate surface area is 226 Å². The first-order chi connectivity index (χ1) is 15.4. The monoisotopic (exact) mass is 618 g/mol. The molecule has 13 heteroatoms. The lowest BCUT2D eigenvalue weighted by Crippen LogP contribution is -2.49. The summed E-state index contributed by atoms with van der Waals surface area (Å²) in [6, 6.07) is 1.85. The smallest absolute Gasteiger partial charge is 0.310 e. The second kappa shape index (κ2) is 14.0. The van der Waals surface area contributed by atoms with Crippen LogP contribution in [0.2, 0.25) is 110 Å². The van der Waals surface area contributed by atoms with Crippen LogP contribution in [-0.4, -0.2) is 66.0 Å². The van der Waals surface area contributed by atoms with E-state index in [4.69, 9.17) is 20.9 Å². The van der Waals surface area contributed by atoms with E-state index >= 15 is 4.39 Å². The van der Waals surface area contributed by atoms with E-state index in [2.05, 4.69) is 98.2 Å². The number of rotatable bonds is 18. The molecule has 5 nitrogen and oxygen atoms in total. The van der Waals surface area contributed by atoms with Gasteiger partial charge in [0.1, 0.15) is 0 Å². The molecule has 0 atom stereocenters. The number of hydrogen-bond donors (Lipinski definition) is 0. The first-order valence-corrected chi connectivity index (χ1v) is 34.4. The quantitative estimate of drug-likeness (QED) is 0.146. The second-order valence-electron chi connectivity index (χ2n) is 13.7. The highest BCUT2D eigenvalue weighted by Gasteiger charge is 2.40. The predicted octanol–water partition coefficient (Wildman–Crippen LogP) is 7.91. The molecule has 0 radical (unpaired) electrons. The van der Waals surface area contributed by atoms with Gasteiger partial charge in [-0.05, 0) is 123 Å². The summed E-state index contributed by atoms with van der Waals surface area (Å²) < 4.78 is 47.9. The topological polar surface area (TPSA) is 46.2 Å². The van der Waals surface area contributed by atoms with Crippen molar-refractivity contribution in [3.05, 3.63) is 0 Å². The Hall–Kier alpha value is 1.25. The van der Waals surface area contributed by atoms with E-state index in [0.29, 0.717) is 12.8 Å². The molecule has 0 aromatic rings. The largest absolute Gasteiger partial charge is 0.440 e. The van der Waals surface area contributed by atoms with E-state index in [9.17, 15) is 0 Å². The van der Waals surface area contributed by atoms with Gasteiger partial charge in [-0.15, -0.1) is 0 Å². The summed E-state index contributed by atoms with van der Waals surface area (Å²) >= 11 is 0. The molecular weight excluding hydrogens is 560 g/mol. The van der Waals surface area contributed by atoms with Crippen LogP contribution in [-0.2, 0) is 20.9 Å². The minimum absolute atomic E-state index is 0.435. The molecule has 0 aromatic carbocycles. The van der Waals surface area contributed by atoms with E-state index in [1.165, 1.54) is 0 Å². The summed E-state index contributed by atoms with van der Waals surface area (Å²) in [5.41, 5.74) is 0. The Morgan fingerprint density at radius 3 is 1.17 bits per heavy atom. The van der Waals surface area contributed by atoms with Gasteiger partial charge in [-0.2, -0.15) is 0 Å². The molecule has 0 N–H and O–H groups in total. The highest BCUT2D eigenvalue weighted by atomic mass is 28.5. The van der Waals surface area contributed by atoms with Gasteiger partial charge in [0, 0.05) is 12.8 Å². The molecule has 35 heavy (non-hydrogen) atoms. The molecule has 0 heterocycles. The average molecular weight is 619 g/mol. The van der Waals surface area contributed by atoms with E-state index in [0.717, 1.165) is 24.9 Å². The molecule has 0 aliphatic carbocycles. The maximum atomic E-state index is 16.2. The van der Waals surface area contributed by atoms with Crippen LogP contribution in [0.1, 0.15) is 25.7 Å². The van der Waals surface area contributed by atoms with Crippen LogP contribution in [0.5, 0.6) is 0 Å². The van der Waals surface area contributed by atoms with Crippen molar-refractivity contribution in [2.75, 3.05) is 0 Å². The normalized spacial score (nSPS) is 14.9. The van der Waals surface area contributed by atoms with Gasteiger partial charge in [-0.1, -0.05) is 0 Å². The van der Waals surface area contributed by atoms with Crippen molar-refractivity contribution in [2.24, 2.45) is 0 Å².